The number of benzene rings is 1. The molecule has 2 rings (SSSR count). The van der Waals surface area contributed by atoms with Crippen molar-refractivity contribution in [3.8, 4) is 5.69 Å². The Hall–Kier alpha value is -2.63. The van der Waals surface area contributed by atoms with Gasteiger partial charge in [0.15, 0.2) is 0 Å². The van der Waals surface area contributed by atoms with E-state index in [1.807, 2.05) is 50.4 Å². The van der Waals surface area contributed by atoms with Gasteiger partial charge in [-0.05, 0) is 36.5 Å². The maximum atomic E-state index is 12.2. The molecule has 0 unspecified atom stereocenters. The molecule has 0 saturated heterocycles. The number of para-hydroxylation sites is 1. The first-order chi connectivity index (χ1) is 12.0. The summed E-state index contributed by atoms with van der Waals surface area (Å²) in [7, 11) is 1.33. The highest BCUT2D eigenvalue weighted by Gasteiger charge is 2.22. The number of rotatable bonds is 8. The van der Waals surface area contributed by atoms with Crippen LogP contribution in [0.5, 0.6) is 0 Å². The summed E-state index contributed by atoms with van der Waals surface area (Å²) in [4.78, 5) is 23.9. The topological polar surface area (TPSA) is 73.2 Å². The van der Waals surface area contributed by atoms with Gasteiger partial charge in [0.1, 0.15) is 6.04 Å². The van der Waals surface area contributed by atoms with Gasteiger partial charge in [0.2, 0.25) is 5.91 Å². The Morgan fingerprint density at radius 2 is 1.96 bits per heavy atom. The average Bonchev–Trinajstić information content (AvgIpc) is 3.08. The Morgan fingerprint density at radius 1 is 1.24 bits per heavy atom. The van der Waals surface area contributed by atoms with Crippen LogP contribution in [0.15, 0.2) is 42.7 Å². The molecule has 0 aliphatic heterocycles. The zero-order valence-electron chi connectivity index (χ0n) is 14.9. The van der Waals surface area contributed by atoms with Crippen LogP contribution >= 0.6 is 0 Å². The second-order valence-corrected chi connectivity index (χ2v) is 6.40. The average molecular weight is 343 g/mol. The molecule has 0 aliphatic carbocycles. The molecule has 0 radical (unpaired) electrons. The molecule has 1 aromatic carbocycles. The van der Waals surface area contributed by atoms with Crippen LogP contribution in [0.2, 0.25) is 0 Å². The van der Waals surface area contributed by atoms with Crippen molar-refractivity contribution in [2.45, 2.75) is 39.2 Å². The van der Waals surface area contributed by atoms with Crippen molar-refractivity contribution >= 4 is 11.9 Å². The number of aryl methyl sites for hydroxylation is 1. The summed E-state index contributed by atoms with van der Waals surface area (Å²) in [5, 5.41) is 7.08. The van der Waals surface area contributed by atoms with E-state index in [0.717, 1.165) is 11.3 Å². The van der Waals surface area contributed by atoms with E-state index < -0.39 is 12.0 Å². The van der Waals surface area contributed by atoms with Crippen molar-refractivity contribution in [3.63, 3.8) is 0 Å². The highest BCUT2D eigenvalue weighted by atomic mass is 16.5. The molecule has 1 atom stereocenters. The van der Waals surface area contributed by atoms with Gasteiger partial charge in [0, 0.05) is 12.6 Å². The summed E-state index contributed by atoms with van der Waals surface area (Å²) in [6, 6.07) is 9.20. The van der Waals surface area contributed by atoms with Crippen LogP contribution in [0, 0.1) is 5.92 Å². The molecule has 1 aromatic heterocycles. The molecule has 0 spiro atoms. The fourth-order valence-electron chi connectivity index (χ4n) is 2.56. The molecule has 1 N–H and O–H groups in total. The van der Waals surface area contributed by atoms with Crippen molar-refractivity contribution in [1.29, 1.82) is 0 Å². The fourth-order valence-corrected chi connectivity index (χ4v) is 2.56. The van der Waals surface area contributed by atoms with Gasteiger partial charge in [-0.25, -0.2) is 9.48 Å². The monoisotopic (exact) mass is 343 g/mol. The second-order valence-electron chi connectivity index (χ2n) is 6.40. The van der Waals surface area contributed by atoms with E-state index in [4.69, 9.17) is 4.74 Å². The van der Waals surface area contributed by atoms with Crippen LogP contribution in [0.4, 0.5) is 0 Å². The van der Waals surface area contributed by atoms with Crippen molar-refractivity contribution in [2.24, 2.45) is 5.92 Å². The van der Waals surface area contributed by atoms with E-state index in [-0.39, 0.29) is 11.8 Å². The second kappa shape index (κ2) is 9.01. The zero-order valence-corrected chi connectivity index (χ0v) is 14.9. The number of ether oxygens (including phenoxy) is 1. The minimum atomic E-state index is -0.593. The molecule has 6 nitrogen and oxygen atoms in total. The first-order valence-electron chi connectivity index (χ1n) is 8.45. The number of nitrogens with zero attached hydrogens (tertiary/aromatic N) is 2. The maximum Gasteiger partial charge on any atom is 0.328 e. The number of amides is 1. The minimum absolute atomic E-state index is 0.163. The quantitative estimate of drug-likeness (QED) is 0.748. The van der Waals surface area contributed by atoms with Gasteiger partial charge in [0.05, 0.1) is 19.0 Å². The molecule has 2 aromatic rings. The van der Waals surface area contributed by atoms with E-state index in [9.17, 15) is 9.59 Å². The normalized spacial score (nSPS) is 12.0. The third-order valence-electron chi connectivity index (χ3n) is 3.83. The molecule has 6 heteroatoms. The van der Waals surface area contributed by atoms with Crippen LogP contribution in [0.25, 0.3) is 5.69 Å². The molecule has 0 bridgehead atoms. The van der Waals surface area contributed by atoms with E-state index in [1.165, 1.54) is 7.11 Å². The zero-order chi connectivity index (χ0) is 18.2. The molecular formula is C19H25N3O3. The van der Waals surface area contributed by atoms with Gasteiger partial charge < -0.3 is 10.1 Å². The van der Waals surface area contributed by atoms with Crippen molar-refractivity contribution < 1.29 is 14.3 Å². The number of carbonyl (C=O) groups is 2. The molecular weight excluding hydrogens is 318 g/mol. The predicted octanol–water partition coefficient (Wildman–Crippen LogP) is 2.51. The van der Waals surface area contributed by atoms with E-state index >= 15 is 0 Å². The van der Waals surface area contributed by atoms with Gasteiger partial charge in [-0.1, -0.05) is 32.0 Å². The number of aromatic nitrogens is 2. The van der Waals surface area contributed by atoms with E-state index in [1.54, 1.807) is 10.9 Å². The number of hydrogen-bond acceptors (Lipinski definition) is 4. The number of esters is 1. The van der Waals surface area contributed by atoms with Crippen molar-refractivity contribution in [3.05, 3.63) is 48.3 Å². The summed E-state index contributed by atoms with van der Waals surface area (Å²) in [5.41, 5.74) is 1.94. The summed E-state index contributed by atoms with van der Waals surface area (Å²) in [5.74, 6) is -0.282. The molecule has 25 heavy (non-hydrogen) atoms. The minimum Gasteiger partial charge on any atom is -0.467 e. The molecule has 134 valence electrons. The molecule has 1 heterocycles. The first-order valence-corrected chi connectivity index (χ1v) is 8.45. The van der Waals surface area contributed by atoms with Gasteiger partial charge in [-0.2, -0.15) is 5.10 Å². The number of hydrogen-bond donors (Lipinski definition) is 1. The fraction of sp³-hybridized carbons (Fsp3) is 0.421. The molecule has 0 fully saturated rings. The van der Waals surface area contributed by atoms with Crippen LogP contribution in [0.3, 0.4) is 0 Å². The summed E-state index contributed by atoms with van der Waals surface area (Å²) in [6.45, 7) is 4.00. The highest BCUT2D eigenvalue weighted by Crippen LogP contribution is 2.10. The Morgan fingerprint density at radius 3 is 2.60 bits per heavy atom. The Bertz CT molecular complexity index is 695. The lowest BCUT2D eigenvalue weighted by Gasteiger charge is -2.18. The number of nitrogens with one attached hydrogen (secondary N) is 1. The van der Waals surface area contributed by atoms with Crippen LogP contribution in [0.1, 0.15) is 32.3 Å². The third kappa shape index (κ3) is 5.74. The lowest BCUT2D eigenvalue weighted by Crippen LogP contribution is -2.42. The van der Waals surface area contributed by atoms with Crippen LogP contribution in [-0.2, 0) is 20.7 Å². The van der Waals surface area contributed by atoms with E-state index in [2.05, 4.69) is 10.4 Å². The lowest BCUT2D eigenvalue weighted by molar-refractivity contribution is -0.145. The highest BCUT2D eigenvalue weighted by molar-refractivity contribution is 5.84. The molecule has 1 amide bonds. The smallest absolute Gasteiger partial charge is 0.328 e. The van der Waals surface area contributed by atoms with Gasteiger partial charge in [0.25, 0.3) is 0 Å². The first kappa shape index (κ1) is 18.7. The summed E-state index contributed by atoms with van der Waals surface area (Å²) < 4.78 is 6.54. The number of carbonyl (C=O) groups excluding carboxylic acids is 2. The van der Waals surface area contributed by atoms with Crippen LogP contribution < -0.4 is 5.32 Å². The largest absolute Gasteiger partial charge is 0.467 e. The summed E-state index contributed by atoms with van der Waals surface area (Å²) >= 11 is 0. The Kier molecular flexibility index (Phi) is 6.74. The van der Waals surface area contributed by atoms with E-state index in [0.29, 0.717) is 19.3 Å². The summed E-state index contributed by atoms with van der Waals surface area (Å²) in [6.07, 6.45) is 5.09. The SMILES string of the molecule is COC(=O)[C@@H](CC(C)C)NC(=O)CCc1cnn(-c2ccccc2)c1. The van der Waals surface area contributed by atoms with Crippen molar-refractivity contribution in [2.75, 3.05) is 7.11 Å². The Labute approximate surface area is 148 Å². The number of methoxy groups -OCH3 is 1. The molecule has 0 saturated carbocycles. The van der Waals surface area contributed by atoms with Crippen LogP contribution in [-0.4, -0.2) is 34.8 Å². The maximum absolute atomic E-state index is 12.2. The molecule has 0 aliphatic rings. The van der Waals surface area contributed by atoms with Gasteiger partial charge >= 0.3 is 5.97 Å². The lowest BCUT2D eigenvalue weighted by atomic mass is 10.0. The third-order valence-corrected chi connectivity index (χ3v) is 3.83. The Balaban J connectivity index is 1.89. The van der Waals surface area contributed by atoms with Gasteiger partial charge in [-0.15, -0.1) is 0 Å². The standard InChI is InChI=1S/C19H25N3O3/c1-14(2)11-17(19(24)25-3)21-18(23)10-9-15-12-20-22(13-15)16-7-5-4-6-8-16/h4-8,12-14,17H,9-11H2,1-3H3,(H,21,23)/t17-/m1/s1. The predicted molar refractivity (Wildman–Crippen MR) is 95.3 cm³/mol. The van der Waals surface area contributed by atoms with Gasteiger partial charge in [-0.3, -0.25) is 4.79 Å². The van der Waals surface area contributed by atoms with Crippen molar-refractivity contribution in [1.82, 2.24) is 15.1 Å².